The van der Waals surface area contributed by atoms with Crippen molar-refractivity contribution in [1.29, 1.82) is 0 Å². The molecule has 160 valence electrons. The molecule has 0 fully saturated rings. The number of benzene rings is 2. The standard InChI is InChI=1S/C23H23N3O4S/c1-23(2)14-30-21-19(18-10-11-24-25-22(18)27)12-16(13-20(21)23)5-4-15-6-8-17(9-7-15)26-31(3,28)29/h4-13,26H,14H2,1-3H3,(H,25,27)/b5-4+. The second-order valence-electron chi connectivity index (χ2n) is 8.25. The van der Waals surface area contributed by atoms with E-state index in [9.17, 15) is 13.2 Å². The zero-order valence-corrected chi connectivity index (χ0v) is 18.3. The largest absolute Gasteiger partial charge is 0.492 e. The number of sulfonamides is 1. The minimum atomic E-state index is -3.31. The van der Waals surface area contributed by atoms with Crippen molar-refractivity contribution in [2.45, 2.75) is 19.3 Å². The van der Waals surface area contributed by atoms with Gasteiger partial charge in [-0.25, -0.2) is 13.5 Å². The average Bonchev–Trinajstić information content (AvgIpc) is 3.01. The van der Waals surface area contributed by atoms with Crippen molar-refractivity contribution in [1.82, 2.24) is 10.2 Å². The second kappa shape index (κ2) is 7.70. The number of rotatable bonds is 5. The van der Waals surface area contributed by atoms with E-state index in [2.05, 4.69) is 34.8 Å². The van der Waals surface area contributed by atoms with Crippen LogP contribution >= 0.6 is 0 Å². The number of hydrogen-bond acceptors (Lipinski definition) is 5. The van der Waals surface area contributed by atoms with Crippen molar-refractivity contribution in [2.75, 3.05) is 17.6 Å². The summed E-state index contributed by atoms with van der Waals surface area (Å²) >= 11 is 0. The van der Waals surface area contributed by atoms with Crippen molar-refractivity contribution < 1.29 is 13.2 Å². The van der Waals surface area contributed by atoms with Gasteiger partial charge in [0.1, 0.15) is 5.75 Å². The van der Waals surface area contributed by atoms with Gasteiger partial charge in [-0.3, -0.25) is 9.52 Å². The predicted octanol–water partition coefficient (Wildman–Crippen LogP) is 3.65. The minimum absolute atomic E-state index is 0.174. The van der Waals surface area contributed by atoms with Crippen molar-refractivity contribution in [3.8, 4) is 16.9 Å². The highest BCUT2D eigenvalue weighted by molar-refractivity contribution is 7.92. The van der Waals surface area contributed by atoms with E-state index in [1.807, 2.05) is 30.4 Å². The number of aromatic nitrogens is 2. The Balaban J connectivity index is 1.72. The van der Waals surface area contributed by atoms with Gasteiger partial charge in [0.05, 0.1) is 18.4 Å². The van der Waals surface area contributed by atoms with Crippen molar-refractivity contribution in [2.24, 2.45) is 0 Å². The van der Waals surface area contributed by atoms with Crippen LogP contribution in [0.4, 0.5) is 5.69 Å². The molecule has 0 bridgehead atoms. The quantitative estimate of drug-likeness (QED) is 0.594. The van der Waals surface area contributed by atoms with E-state index in [0.29, 0.717) is 17.9 Å². The Hall–Kier alpha value is -3.39. The summed E-state index contributed by atoms with van der Waals surface area (Å²) in [5.41, 5.74) is 4.21. The van der Waals surface area contributed by atoms with Crippen LogP contribution < -0.4 is 15.0 Å². The number of aromatic amines is 1. The molecule has 31 heavy (non-hydrogen) atoms. The number of ether oxygens (including phenoxy) is 1. The molecule has 7 nitrogen and oxygen atoms in total. The van der Waals surface area contributed by atoms with E-state index in [4.69, 9.17) is 4.74 Å². The van der Waals surface area contributed by atoms with Gasteiger partial charge in [-0.2, -0.15) is 5.10 Å². The summed E-state index contributed by atoms with van der Waals surface area (Å²) in [6.45, 7) is 4.76. The molecule has 2 N–H and O–H groups in total. The lowest BCUT2D eigenvalue weighted by molar-refractivity contribution is 0.292. The lowest BCUT2D eigenvalue weighted by atomic mass is 9.84. The first-order valence-corrected chi connectivity index (χ1v) is 11.6. The summed E-state index contributed by atoms with van der Waals surface area (Å²) in [6, 6.07) is 12.8. The third-order valence-corrected chi connectivity index (χ3v) is 5.72. The number of nitrogens with zero attached hydrogens (tertiary/aromatic N) is 1. The molecule has 1 aromatic heterocycles. The maximum absolute atomic E-state index is 12.4. The highest BCUT2D eigenvalue weighted by atomic mass is 32.2. The first kappa shape index (κ1) is 20.9. The maximum atomic E-state index is 12.4. The smallest absolute Gasteiger partial charge is 0.272 e. The fraction of sp³-hybridized carbons (Fsp3) is 0.217. The van der Waals surface area contributed by atoms with E-state index < -0.39 is 10.0 Å². The second-order valence-corrected chi connectivity index (χ2v) is 10.00. The summed E-state index contributed by atoms with van der Waals surface area (Å²) < 4.78 is 31.1. The van der Waals surface area contributed by atoms with Crippen LogP contribution in [0.2, 0.25) is 0 Å². The Kier molecular flexibility index (Phi) is 5.18. The molecule has 2 heterocycles. The van der Waals surface area contributed by atoms with Crippen LogP contribution in [-0.4, -0.2) is 31.5 Å². The maximum Gasteiger partial charge on any atom is 0.272 e. The molecule has 0 aliphatic carbocycles. The lowest BCUT2D eigenvalue weighted by Crippen LogP contribution is -2.18. The number of hydrogen-bond donors (Lipinski definition) is 2. The van der Waals surface area contributed by atoms with Gasteiger partial charge >= 0.3 is 0 Å². The van der Waals surface area contributed by atoms with E-state index in [-0.39, 0.29) is 11.0 Å². The third-order valence-electron chi connectivity index (χ3n) is 5.12. The van der Waals surface area contributed by atoms with Crippen LogP contribution in [0, 0.1) is 0 Å². The fourth-order valence-electron chi connectivity index (χ4n) is 3.56. The van der Waals surface area contributed by atoms with Crippen LogP contribution in [-0.2, 0) is 15.4 Å². The lowest BCUT2D eigenvalue weighted by Gasteiger charge is -2.16. The minimum Gasteiger partial charge on any atom is -0.492 e. The summed E-state index contributed by atoms with van der Waals surface area (Å²) in [4.78, 5) is 12.4. The third kappa shape index (κ3) is 4.54. The van der Waals surface area contributed by atoms with Crippen LogP contribution in [0.1, 0.15) is 30.5 Å². The number of H-pyrrole nitrogens is 1. The van der Waals surface area contributed by atoms with Gasteiger partial charge in [0, 0.05) is 28.4 Å². The van der Waals surface area contributed by atoms with Gasteiger partial charge in [0.25, 0.3) is 5.56 Å². The monoisotopic (exact) mass is 437 g/mol. The Labute approximate surface area is 180 Å². The molecule has 1 aliphatic rings. The first-order chi connectivity index (χ1) is 14.6. The highest BCUT2D eigenvalue weighted by Crippen LogP contribution is 2.44. The van der Waals surface area contributed by atoms with Crippen LogP contribution in [0.25, 0.3) is 23.3 Å². The first-order valence-electron chi connectivity index (χ1n) is 9.74. The van der Waals surface area contributed by atoms with Gasteiger partial charge in [-0.05, 0) is 41.5 Å². The molecular weight excluding hydrogens is 414 g/mol. The molecule has 0 saturated carbocycles. The summed E-state index contributed by atoms with van der Waals surface area (Å²) in [5, 5.41) is 6.27. The molecule has 3 aromatic rings. The normalized spacial score (nSPS) is 14.9. The molecule has 0 radical (unpaired) electrons. The van der Waals surface area contributed by atoms with Crippen molar-refractivity contribution in [3.05, 3.63) is 75.7 Å². The van der Waals surface area contributed by atoms with Gasteiger partial charge in [0.15, 0.2) is 0 Å². The summed E-state index contributed by atoms with van der Waals surface area (Å²) in [6.07, 6.45) is 6.57. The van der Waals surface area contributed by atoms with Gasteiger partial charge < -0.3 is 4.74 Å². The molecule has 0 unspecified atom stereocenters. The fourth-order valence-corrected chi connectivity index (χ4v) is 4.12. The average molecular weight is 438 g/mol. The Morgan fingerprint density at radius 2 is 1.77 bits per heavy atom. The molecule has 0 spiro atoms. The topological polar surface area (TPSA) is 101 Å². The molecular formula is C23H23N3O4S. The molecule has 2 aromatic carbocycles. The molecule has 0 saturated heterocycles. The molecule has 8 heteroatoms. The predicted molar refractivity (Wildman–Crippen MR) is 123 cm³/mol. The van der Waals surface area contributed by atoms with E-state index in [1.54, 1.807) is 24.4 Å². The Morgan fingerprint density at radius 3 is 2.45 bits per heavy atom. The number of anilines is 1. The highest BCUT2D eigenvalue weighted by Gasteiger charge is 2.34. The number of fused-ring (bicyclic) bond motifs is 1. The zero-order valence-electron chi connectivity index (χ0n) is 17.5. The molecule has 0 atom stereocenters. The Morgan fingerprint density at radius 1 is 1.06 bits per heavy atom. The van der Waals surface area contributed by atoms with Crippen LogP contribution in [0.15, 0.2) is 53.5 Å². The Bertz CT molecular complexity index is 1320. The number of nitrogens with one attached hydrogen (secondary N) is 2. The van der Waals surface area contributed by atoms with Crippen molar-refractivity contribution in [3.63, 3.8) is 0 Å². The van der Waals surface area contributed by atoms with Crippen LogP contribution in [0.3, 0.4) is 0 Å². The van der Waals surface area contributed by atoms with Gasteiger partial charge in [0.2, 0.25) is 10.0 Å². The van der Waals surface area contributed by atoms with Gasteiger partial charge in [-0.15, -0.1) is 0 Å². The summed E-state index contributed by atoms with van der Waals surface area (Å²) in [7, 11) is -3.31. The van der Waals surface area contributed by atoms with Crippen molar-refractivity contribution >= 4 is 27.9 Å². The van der Waals surface area contributed by atoms with E-state index in [0.717, 1.165) is 34.3 Å². The van der Waals surface area contributed by atoms with E-state index >= 15 is 0 Å². The molecule has 0 amide bonds. The molecule has 1 aliphatic heterocycles. The zero-order chi connectivity index (χ0) is 22.2. The summed E-state index contributed by atoms with van der Waals surface area (Å²) in [5.74, 6) is 0.732. The SMILES string of the molecule is CC1(C)COc2c(-c3ccn[nH]c3=O)cc(/C=C/c3ccc(NS(C)(=O)=O)cc3)cc21. The molecule has 4 rings (SSSR count). The van der Waals surface area contributed by atoms with Crippen LogP contribution in [0.5, 0.6) is 5.75 Å². The van der Waals surface area contributed by atoms with E-state index in [1.165, 1.54) is 0 Å². The van der Waals surface area contributed by atoms with Gasteiger partial charge in [-0.1, -0.05) is 38.1 Å².